The van der Waals surface area contributed by atoms with Gasteiger partial charge >= 0.3 is 0 Å². The molecule has 0 unspecified atom stereocenters. The van der Waals surface area contributed by atoms with Crippen LogP contribution in [0.25, 0.3) is 0 Å². The summed E-state index contributed by atoms with van der Waals surface area (Å²) in [4.78, 5) is 4.46. The van der Waals surface area contributed by atoms with Crippen molar-refractivity contribution in [2.45, 2.75) is 44.9 Å². The number of amidine groups is 1. The second-order valence-electron chi connectivity index (χ2n) is 4.34. The van der Waals surface area contributed by atoms with E-state index in [4.69, 9.17) is 10.5 Å². The Kier molecular flexibility index (Phi) is 6.41. The lowest BCUT2D eigenvalue weighted by molar-refractivity contribution is 0.193. The molecule has 1 rings (SSSR count). The quantitative estimate of drug-likeness (QED) is 0.417. The molecule has 1 saturated carbocycles. The minimum Gasteiger partial charge on any atom is -0.387 e. The van der Waals surface area contributed by atoms with E-state index in [9.17, 15) is 0 Å². The van der Waals surface area contributed by atoms with Crippen molar-refractivity contribution in [1.82, 2.24) is 0 Å². The SMILES string of the molecule is COCCCCN=C(N)C1CCCCC1. The third kappa shape index (κ3) is 5.17. The summed E-state index contributed by atoms with van der Waals surface area (Å²) < 4.78 is 4.99. The van der Waals surface area contributed by atoms with Crippen molar-refractivity contribution >= 4 is 5.84 Å². The Labute approximate surface area is 93.1 Å². The molecule has 0 aliphatic heterocycles. The molecule has 2 N–H and O–H groups in total. The van der Waals surface area contributed by atoms with Crippen LogP contribution in [-0.2, 0) is 4.74 Å². The average molecular weight is 212 g/mol. The molecule has 0 atom stereocenters. The second-order valence-corrected chi connectivity index (χ2v) is 4.34. The Hall–Kier alpha value is -0.570. The lowest BCUT2D eigenvalue weighted by atomic mass is 9.88. The van der Waals surface area contributed by atoms with Gasteiger partial charge in [0.1, 0.15) is 0 Å². The fraction of sp³-hybridized carbons (Fsp3) is 0.917. The maximum Gasteiger partial charge on any atom is 0.0968 e. The smallest absolute Gasteiger partial charge is 0.0968 e. The molecule has 1 aliphatic carbocycles. The van der Waals surface area contributed by atoms with E-state index in [1.807, 2.05) is 0 Å². The first-order valence-electron chi connectivity index (χ1n) is 6.13. The number of nitrogens with zero attached hydrogens (tertiary/aromatic N) is 1. The van der Waals surface area contributed by atoms with Crippen molar-refractivity contribution in [1.29, 1.82) is 0 Å². The molecule has 0 radical (unpaired) electrons. The summed E-state index contributed by atoms with van der Waals surface area (Å²) in [6, 6.07) is 0. The van der Waals surface area contributed by atoms with E-state index in [2.05, 4.69) is 4.99 Å². The van der Waals surface area contributed by atoms with E-state index >= 15 is 0 Å². The molecule has 88 valence electrons. The molecular formula is C12H24N2O. The van der Waals surface area contributed by atoms with E-state index in [1.165, 1.54) is 32.1 Å². The van der Waals surface area contributed by atoms with Crippen molar-refractivity contribution in [3.63, 3.8) is 0 Å². The number of nitrogens with two attached hydrogens (primary N) is 1. The molecule has 0 aromatic carbocycles. The summed E-state index contributed by atoms with van der Waals surface area (Å²) in [5.41, 5.74) is 5.98. The Morgan fingerprint density at radius 3 is 2.67 bits per heavy atom. The van der Waals surface area contributed by atoms with Gasteiger partial charge < -0.3 is 10.5 Å². The molecule has 0 heterocycles. The van der Waals surface area contributed by atoms with Crippen molar-refractivity contribution < 1.29 is 4.74 Å². The van der Waals surface area contributed by atoms with E-state index < -0.39 is 0 Å². The van der Waals surface area contributed by atoms with Crippen LogP contribution < -0.4 is 5.73 Å². The lowest BCUT2D eigenvalue weighted by Crippen LogP contribution is -2.26. The Morgan fingerprint density at radius 1 is 1.27 bits per heavy atom. The Balaban J connectivity index is 2.13. The zero-order valence-corrected chi connectivity index (χ0v) is 9.87. The third-order valence-electron chi connectivity index (χ3n) is 3.07. The zero-order valence-electron chi connectivity index (χ0n) is 9.87. The van der Waals surface area contributed by atoms with Gasteiger partial charge in [-0.2, -0.15) is 0 Å². The first-order valence-corrected chi connectivity index (χ1v) is 6.13. The average Bonchev–Trinajstić information content (AvgIpc) is 2.30. The van der Waals surface area contributed by atoms with E-state index in [0.29, 0.717) is 5.92 Å². The summed E-state index contributed by atoms with van der Waals surface area (Å²) in [5, 5.41) is 0. The third-order valence-corrected chi connectivity index (χ3v) is 3.07. The molecule has 0 amide bonds. The summed E-state index contributed by atoms with van der Waals surface area (Å²) >= 11 is 0. The molecule has 0 aromatic heterocycles. The first-order chi connectivity index (χ1) is 7.34. The highest BCUT2D eigenvalue weighted by Crippen LogP contribution is 2.23. The molecule has 0 saturated heterocycles. The maximum absolute atomic E-state index is 5.98. The number of hydrogen-bond donors (Lipinski definition) is 1. The van der Waals surface area contributed by atoms with Gasteiger partial charge in [0.25, 0.3) is 0 Å². The highest BCUT2D eigenvalue weighted by Gasteiger charge is 2.16. The maximum atomic E-state index is 5.98. The first kappa shape index (κ1) is 12.5. The minimum absolute atomic E-state index is 0.571. The predicted molar refractivity (Wildman–Crippen MR) is 64.2 cm³/mol. The fourth-order valence-electron chi connectivity index (χ4n) is 2.09. The number of unbranched alkanes of at least 4 members (excludes halogenated alkanes) is 1. The van der Waals surface area contributed by atoms with Crippen LogP contribution in [0.3, 0.4) is 0 Å². The molecular weight excluding hydrogens is 188 g/mol. The number of methoxy groups -OCH3 is 1. The standard InChI is InChI=1S/C12H24N2O/c1-15-10-6-5-9-14-12(13)11-7-3-2-4-8-11/h11H,2-10H2,1H3,(H2,13,14). The molecule has 0 aromatic rings. The minimum atomic E-state index is 0.571. The summed E-state index contributed by atoms with van der Waals surface area (Å²) in [7, 11) is 1.74. The Morgan fingerprint density at radius 2 is 2.00 bits per heavy atom. The molecule has 15 heavy (non-hydrogen) atoms. The highest BCUT2D eigenvalue weighted by molar-refractivity contribution is 5.82. The molecule has 1 fully saturated rings. The highest BCUT2D eigenvalue weighted by atomic mass is 16.5. The van der Waals surface area contributed by atoms with E-state index in [1.54, 1.807) is 7.11 Å². The van der Waals surface area contributed by atoms with Crippen LogP contribution in [0.4, 0.5) is 0 Å². The van der Waals surface area contributed by atoms with Crippen molar-refractivity contribution in [2.24, 2.45) is 16.6 Å². The summed E-state index contributed by atoms with van der Waals surface area (Å²) in [5.74, 6) is 1.47. The summed E-state index contributed by atoms with van der Waals surface area (Å²) in [6.45, 7) is 1.70. The van der Waals surface area contributed by atoms with Gasteiger partial charge in [-0.1, -0.05) is 19.3 Å². The van der Waals surface area contributed by atoms with E-state index in [0.717, 1.165) is 31.8 Å². The second kappa shape index (κ2) is 7.69. The van der Waals surface area contributed by atoms with Gasteiger partial charge in [0.2, 0.25) is 0 Å². The van der Waals surface area contributed by atoms with E-state index in [-0.39, 0.29) is 0 Å². The molecule has 3 nitrogen and oxygen atoms in total. The Bertz CT molecular complexity index is 186. The van der Waals surface area contributed by atoms with Crippen LogP contribution in [0.5, 0.6) is 0 Å². The van der Waals surface area contributed by atoms with Gasteiger partial charge in [0.15, 0.2) is 0 Å². The van der Waals surface area contributed by atoms with Crippen molar-refractivity contribution in [3.05, 3.63) is 0 Å². The van der Waals surface area contributed by atoms with Crippen LogP contribution in [0.1, 0.15) is 44.9 Å². The molecule has 0 bridgehead atoms. The van der Waals surface area contributed by atoms with Gasteiger partial charge in [-0.3, -0.25) is 4.99 Å². The number of hydrogen-bond acceptors (Lipinski definition) is 2. The van der Waals surface area contributed by atoms with Crippen LogP contribution >= 0.6 is 0 Å². The van der Waals surface area contributed by atoms with Crippen LogP contribution in [0.2, 0.25) is 0 Å². The normalized spacial score (nSPS) is 19.4. The van der Waals surface area contributed by atoms with Crippen LogP contribution in [0.15, 0.2) is 4.99 Å². The van der Waals surface area contributed by atoms with Gasteiger partial charge in [-0.05, 0) is 25.7 Å². The number of aliphatic imine (C=N–C) groups is 1. The fourth-order valence-corrected chi connectivity index (χ4v) is 2.09. The summed E-state index contributed by atoms with van der Waals surface area (Å²) in [6.07, 6.45) is 8.67. The monoisotopic (exact) mass is 212 g/mol. The lowest BCUT2D eigenvalue weighted by Gasteiger charge is -2.20. The van der Waals surface area contributed by atoms with Gasteiger partial charge in [0, 0.05) is 26.2 Å². The van der Waals surface area contributed by atoms with Crippen molar-refractivity contribution in [2.75, 3.05) is 20.3 Å². The molecule has 1 aliphatic rings. The van der Waals surface area contributed by atoms with Crippen LogP contribution in [-0.4, -0.2) is 26.1 Å². The zero-order chi connectivity index (χ0) is 10.9. The number of ether oxygens (including phenoxy) is 1. The van der Waals surface area contributed by atoms with Gasteiger partial charge in [0.05, 0.1) is 5.84 Å². The molecule has 0 spiro atoms. The topological polar surface area (TPSA) is 47.6 Å². The largest absolute Gasteiger partial charge is 0.387 e. The van der Waals surface area contributed by atoms with Gasteiger partial charge in [-0.15, -0.1) is 0 Å². The predicted octanol–water partition coefficient (Wildman–Crippen LogP) is 2.35. The number of rotatable bonds is 6. The van der Waals surface area contributed by atoms with Crippen molar-refractivity contribution in [3.8, 4) is 0 Å². The van der Waals surface area contributed by atoms with Crippen LogP contribution in [0, 0.1) is 5.92 Å². The molecule has 3 heteroatoms. The van der Waals surface area contributed by atoms with Gasteiger partial charge in [-0.25, -0.2) is 0 Å².